The quantitative estimate of drug-likeness (QED) is 0.862. The maximum atomic E-state index is 6.30. The number of hydrogen-bond donors (Lipinski definition) is 1. The van der Waals surface area contributed by atoms with Crippen LogP contribution in [0.3, 0.4) is 0 Å². The Morgan fingerprint density at radius 2 is 2.06 bits per heavy atom. The van der Waals surface area contributed by atoms with Crippen molar-refractivity contribution >= 4 is 11.6 Å². The van der Waals surface area contributed by atoms with Crippen molar-refractivity contribution in [2.45, 2.75) is 40.7 Å². The first-order valence-corrected chi connectivity index (χ1v) is 6.15. The first kappa shape index (κ1) is 13.5. The minimum atomic E-state index is 0.192. The normalized spacial score (nSPS) is 12.1. The highest BCUT2D eigenvalue weighted by atomic mass is 35.5. The Bertz CT molecular complexity index is 355. The smallest absolute Gasteiger partial charge is 0.0847 e. The summed E-state index contributed by atoms with van der Waals surface area (Å²) >= 11 is 6.30. The molecule has 1 N–H and O–H groups in total. The van der Waals surface area contributed by atoms with Crippen LogP contribution in [-0.4, -0.2) is 23.4 Å². The van der Waals surface area contributed by atoms with Gasteiger partial charge in [0.15, 0.2) is 0 Å². The second-order valence-electron chi connectivity index (χ2n) is 5.03. The maximum Gasteiger partial charge on any atom is 0.0847 e. The van der Waals surface area contributed by atoms with E-state index in [0.29, 0.717) is 0 Å². The van der Waals surface area contributed by atoms with E-state index in [9.17, 15) is 0 Å². The topological polar surface area (TPSA) is 29.9 Å². The Morgan fingerprint density at radius 3 is 2.56 bits per heavy atom. The lowest BCUT2D eigenvalue weighted by molar-refractivity contribution is 0.339. The van der Waals surface area contributed by atoms with Gasteiger partial charge in [-0.1, -0.05) is 25.4 Å². The lowest BCUT2D eigenvalue weighted by Crippen LogP contribution is -2.29. The Labute approximate surface area is 103 Å². The molecule has 0 saturated carbocycles. The lowest BCUT2D eigenvalue weighted by Gasteiger charge is -2.24. The van der Waals surface area contributed by atoms with Gasteiger partial charge in [-0.2, -0.15) is 5.10 Å². The summed E-state index contributed by atoms with van der Waals surface area (Å²) in [5.41, 5.74) is 2.28. The van der Waals surface area contributed by atoms with Gasteiger partial charge >= 0.3 is 0 Å². The van der Waals surface area contributed by atoms with Gasteiger partial charge in [0.05, 0.1) is 16.4 Å². The number of hydrogen-bond acceptors (Lipinski definition) is 2. The van der Waals surface area contributed by atoms with Gasteiger partial charge in [-0.3, -0.25) is 4.68 Å². The van der Waals surface area contributed by atoms with Crippen molar-refractivity contribution in [3.8, 4) is 0 Å². The Morgan fingerprint density at radius 1 is 1.44 bits per heavy atom. The molecule has 3 nitrogen and oxygen atoms in total. The standard InChI is InChI=1S/C12H22ClN3/c1-6-16-10(11(13)9(2)15-16)7-12(3,4)8-14-5/h14H,6-8H2,1-5H3. The molecule has 0 atom stereocenters. The number of aromatic nitrogens is 2. The Hall–Kier alpha value is -0.540. The molecule has 0 aromatic carbocycles. The van der Waals surface area contributed by atoms with Gasteiger partial charge in [-0.25, -0.2) is 0 Å². The van der Waals surface area contributed by atoms with Crippen LogP contribution >= 0.6 is 11.6 Å². The minimum absolute atomic E-state index is 0.192. The van der Waals surface area contributed by atoms with Crippen LogP contribution in [0, 0.1) is 12.3 Å². The van der Waals surface area contributed by atoms with Gasteiger partial charge in [-0.05, 0) is 32.7 Å². The second-order valence-corrected chi connectivity index (χ2v) is 5.41. The fourth-order valence-corrected chi connectivity index (χ4v) is 2.23. The van der Waals surface area contributed by atoms with E-state index in [0.717, 1.165) is 35.9 Å². The van der Waals surface area contributed by atoms with Gasteiger partial charge in [0.25, 0.3) is 0 Å². The van der Waals surface area contributed by atoms with Crippen molar-refractivity contribution in [3.05, 3.63) is 16.4 Å². The van der Waals surface area contributed by atoms with E-state index in [-0.39, 0.29) is 5.41 Å². The van der Waals surface area contributed by atoms with E-state index in [1.165, 1.54) is 0 Å². The van der Waals surface area contributed by atoms with Crippen molar-refractivity contribution in [2.75, 3.05) is 13.6 Å². The number of halogens is 1. The summed E-state index contributed by atoms with van der Waals surface area (Å²) in [6, 6.07) is 0. The second kappa shape index (κ2) is 5.19. The molecule has 1 aromatic heterocycles. The zero-order chi connectivity index (χ0) is 12.3. The van der Waals surface area contributed by atoms with Crippen molar-refractivity contribution in [3.63, 3.8) is 0 Å². The fourth-order valence-electron chi connectivity index (χ4n) is 2.03. The van der Waals surface area contributed by atoms with Gasteiger partial charge in [0, 0.05) is 13.1 Å². The van der Waals surface area contributed by atoms with Crippen LogP contribution in [0.5, 0.6) is 0 Å². The van der Waals surface area contributed by atoms with E-state index in [4.69, 9.17) is 11.6 Å². The number of nitrogens with zero attached hydrogens (tertiary/aromatic N) is 2. The van der Waals surface area contributed by atoms with Crippen LogP contribution in [0.1, 0.15) is 32.2 Å². The van der Waals surface area contributed by atoms with E-state index in [2.05, 4.69) is 31.2 Å². The molecule has 0 bridgehead atoms. The lowest BCUT2D eigenvalue weighted by atomic mass is 9.87. The Balaban J connectivity index is 2.95. The summed E-state index contributed by atoms with van der Waals surface area (Å²) in [7, 11) is 1.98. The van der Waals surface area contributed by atoms with Crippen LogP contribution < -0.4 is 5.32 Å². The van der Waals surface area contributed by atoms with E-state index < -0.39 is 0 Å². The van der Waals surface area contributed by atoms with E-state index in [1.807, 2.05) is 18.7 Å². The molecule has 1 rings (SSSR count). The van der Waals surface area contributed by atoms with Crippen molar-refractivity contribution < 1.29 is 0 Å². The van der Waals surface area contributed by atoms with Gasteiger partial charge < -0.3 is 5.32 Å². The highest BCUT2D eigenvalue weighted by Gasteiger charge is 2.23. The van der Waals surface area contributed by atoms with Gasteiger partial charge in [0.1, 0.15) is 0 Å². The van der Waals surface area contributed by atoms with Crippen LogP contribution in [0.2, 0.25) is 5.02 Å². The van der Waals surface area contributed by atoms with E-state index >= 15 is 0 Å². The fraction of sp³-hybridized carbons (Fsp3) is 0.750. The molecule has 0 aliphatic heterocycles. The summed E-state index contributed by atoms with van der Waals surface area (Å²) in [6.07, 6.45) is 0.946. The van der Waals surface area contributed by atoms with Gasteiger partial charge in [0.2, 0.25) is 0 Å². The largest absolute Gasteiger partial charge is 0.319 e. The molecule has 0 spiro atoms. The van der Waals surface area contributed by atoms with Crippen LogP contribution in [0.4, 0.5) is 0 Å². The molecular formula is C12H22ClN3. The third-order valence-corrected chi connectivity index (χ3v) is 3.25. The summed E-state index contributed by atoms with van der Waals surface area (Å²) in [5.74, 6) is 0. The molecule has 0 fully saturated rings. The first-order valence-electron chi connectivity index (χ1n) is 5.77. The first-order chi connectivity index (χ1) is 7.41. The third-order valence-electron chi connectivity index (χ3n) is 2.75. The molecule has 0 amide bonds. The average molecular weight is 244 g/mol. The predicted octanol–water partition coefficient (Wildman–Crippen LogP) is 2.65. The molecule has 0 aliphatic carbocycles. The number of nitrogens with one attached hydrogen (secondary N) is 1. The van der Waals surface area contributed by atoms with Crippen LogP contribution in [0.25, 0.3) is 0 Å². The number of aryl methyl sites for hydroxylation is 2. The summed E-state index contributed by atoms with van der Waals surface area (Å²) in [6.45, 7) is 10.4. The predicted molar refractivity (Wildman–Crippen MR) is 69.1 cm³/mol. The highest BCUT2D eigenvalue weighted by molar-refractivity contribution is 6.31. The highest BCUT2D eigenvalue weighted by Crippen LogP contribution is 2.28. The molecule has 16 heavy (non-hydrogen) atoms. The Kier molecular flexibility index (Phi) is 4.39. The molecule has 1 heterocycles. The van der Waals surface area contributed by atoms with Crippen molar-refractivity contribution in [2.24, 2.45) is 5.41 Å². The van der Waals surface area contributed by atoms with Crippen molar-refractivity contribution in [1.82, 2.24) is 15.1 Å². The summed E-state index contributed by atoms with van der Waals surface area (Å²) in [4.78, 5) is 0. The molecular weight excluding hydrogens is 222 g/mol. The zero-order valence-electron chi connectivity index (χ0n) is 10.9. The summed E-state index contributed by atoms with van der Waals surface area (Å²) < 4.78 is 2.01. The summed E-state index contributed by atoms with van der Waals surface area (Å²) in [5, 5.41) is 8.48. The molecule has 4 heteroatoms. The average Bonchev–Trinajstić information content (AvgIpc) is 2.45. The van der Waals surface area contributed by atoms with Crippen LogP contribution in [-0.2, 0) is 13.0 Å². The maximum absolute atomic E-state index is 6.30. The minimum Gasteiger partial charge on any atom is -0.319 e. The van der Waals surface area contributed by atoms with Crippen LogP contribution in [0.15, 0.2) is 0 Å². The van der Waals surface area contributed by atoms with E-state index in [1.54, 1.807) is 0 Å². The molecule has 92 valence electrons. The van der Waals surface area contributed by atoms with Gasteiger partial charge in [-0.15, -0.1) is 0 Å². The molecule has 0 radical (unpaired) electrons. The van der Waals surface area contributed by atoms with Crippen molar-refractivity contribution in [1.29, 1.82) is 0 Å². The number of rotatable bonds is 5. The molecule has 0 unspecified atom stereocenters. The zero-order valence-corrected chi connectivity index (χ0v) is 11.6. The third kappa shape index (κ3) is 2.98. The monoisotopic (exact) mass is 243 g/mol. The molecule has 0 saturated heterocycles. The molecule has 0 aliphatic rings. The SMILES string of the molecule is CCn1nc(C)c(Cl)c1CC(C)(C)CNC. The molecule has 1 aromatic rings.